The predicted molar refractivity (Wildman–Crippen MR) is 53.6 cm³/mol. The minimum atomic E-state index is -4.72. The molecule has 0 bridgehead atoms. The zero-order chi connectivity index (χ0) is 13.9. The number of ether oxygens (including phenoxy) is 1. The third-order valence-corrected chi connectivity index (χ3v) is 2.06. The maximum Gasteiger partial charge on any atom is 0.416 e. The number of esters is 1. The molecule has 18 heavy (non-hydrogen) atoms. The van der Waals surface area contributed by atoms with Crippen molar-refractivity contribution in [1.82, 2.24) is 0 Å². The van der Waals surface area contributed by atoms with Crippen LogP contribution in [0.25, 0.3) is 0 Å². The summed E-state index contributed by atoms with van der Waals surface area (Å²) in [7, 11) is 0. The van der Waals surface area contributed by atoms with Gasteiger partial charge in [0, 0.05) is 12.5 Å². The molecule has 0 fully saturated rings. The monoisotopic (exact) mass is 262 g/mol. The Morgan fingerprint density at radius 2 is 1.83 bits per heavy atom. The lowest BCUT2D eigenvalue weighted by Crippen LogP contribution is -2.21. The Bertz CT molecular complexity index is 468. The van der Waals surface area contributed by atoms with E-state index in [0.29, 0.717) is 0 Å². The molecule has 0 heterocycles. The summed E-state index contributed by atoms with van der Waals surface area (Å²) >= 11 is 0. The lowest BCUT2D eigenvalue weighted by Gasteiger charge is -2.18. The van der Waals surface area contributed by atoms with Crippen molar-refractivity contribution in [1.29, 1.82) is 0 Å². The van der Waals surface area contributed by atoms with E-state index in [1.54, 1.807) is 0 Å². The second kappa shape index (κ2) is 5.07. The van der Waals surface area contributed by atoms with Crippen LogP contribution in [0.3, 0.4) is 0 Å². The first kappa shape index (κ1) is 14.0. The predicted octanol–water partition coefficient (Wildman–Crippen LogP) is 2.39. The molecular formula is C11H9F3O4. The number of halogens is 3. The first-order valence-corrected chi connectivity index (χ1v) is 4.79. The summed E-state index contributed by atoms with van der Waals surface area (Å²) < 4.78 is 42.4. The molecule has 7 heteroatoms. The lowest BCUT2D eigenvalue weighted by molar-refractivity contribution is -0.164. The lowest BCUT2D eigenvalue weighted by atomic mass is 10.0. The number of carboxylic acid groups (broad SMARTS) is 1. The van der Waals surface area contributed by atoms with Crippen LogP contribution in [0.1, 0.15) is 24.2 Å². The van der Waals surface area contributed by atoms with Crippen molar-refractivity contribution in [3.8, 4) is 0 Å². The Labute approximate surface area is 100.0 Å². The molecule has 1 N–H and O–H groups in total. The Morgan fingerprint density at radius 3 is 2.28 bits per heavy atom. The van der Waals surface area contributed by atoms with Crippen LogP contribution in [0.15, 0.2) is 24.3 Å². The Morgan fingerprint density at radius 1 is 1.28 bits per heavy atom. The van der Waals surface area contributed by atoms with Gasteiger partial charge < -0.3 is 9.84 Å². The van der Waals surface area contributed by atoms with Crippen molar-refractivity contribution in [3.63, 3.8) is 0 Å². The van der Waals surface area contributed by atoms with Crippen molar-refractivity contribution in [2.24, 2.45) is 0 Å². The molecule has 0 spiro atoms. The topological polar surface area (TPSA) is 63.6 Å². The number of carbonyl (C=O) groups excluding carboxylic acids is 1. The molecule has 1 rings (SSSR count). The molecule has 1 atom stereocenters. The minimum Gasteiger partial charge on any atom is -0.478 e. The number of carbonyl (C=O) groups is 2. The van der Waals surface area contributed by atoms with E-state index in [4.69, 9.17) is 5.11 Å². The molecule has 0 amide bonds. The maximum absolute atomic E-state index is 12.7. The summed E-state index contributed by atoms with van der Waals surface area (Å²) in [6.07, 6.45) is -6.69. The van der Waals surface area contributed by atoms with E-state index in [1.165, 1.54) is 6.07 Å². The second-order valence-corrected chi connectivity index (χ2v) is 3.41. The van der Waals surface area contributed by atoms with E-state index < -0.39 is 35.3 Å². The molecule has 0 saturated carbocycles. The van der Waals surface area contributed by atoms with Gasteiger partial charge in [-0.2, -0.15) is 13.2 Å². The van der Waals surface area contributed by atoms with Crippen molar-refractivity contribution in [2.45, 2.75) is 19.2 Å². The van der Waals surface area contributed by atoms with Gasteiger partial charge in [-0.25, -0.2) is 4.79 Å². The van der Waals surface area contributed by atoms with E-state index in [2.05, 4.69) is 4.74 Å². The normalized spacial score (nSPS) is 12.9. The van der Waals surface area contributed by atoms with Gasteiger partial charge in [-0.15, -0.1) is 0 Å². The van der Waals surface area contributed by atoms with Crippen LogP contribution in [0.5, 0.6) is 0 Å². The van der Waals surface area contributed by atoms with Crippen molar-refractivity contribution < 1.29 is 32.6 Å². The summed E-state index contributed by atoms with van der Waals surface area (Å²) in [5.74, 6) is -2.64. The molecule has 1 aromatic carbocycles. The summed E-state index contributed by atoms with van der Waals surface area (Å²) in [6, 6.07) is 4.06. The molecule has 0 aliphatic heterocycles. The molecule has 0 aliphatic carbocycles. The molecule has 0 aliphatic rings. The van der Waals surface area contributed by atoms with Crippen LogP contribution in [0.2, 0.25) is 0 Å². The van der Waals surface area contributed by atoms with E-state index in [-0.39, 0.29) is 0 Å². The number of hydrogen-bond donors (Lipinski definition) is 1. The summed E-state index contributed by atoms with van der Waals surface area (Å²) in [4.78, 5) is 21.6. The average Bonchev–Trinajstić information content (AvgIpc) is 2.24. The zero-order valence-electron chi connectivity index (χ0n) is 9.19. The number of hydrogen-bond acceptors (Lipinski definition) is 3. The van der Waals surface area contributed by atoms with E-state index in [9.17, 15) is 22.8 Å². The summed E-state index contributed by atoms with van der Waals surface area (Å²) in [5.41, 5.74) is -1.74. The first-order valence-electron chi connectivity index (χ1n) is 4.79. The third kappa shape index (κ3) is 3.22. The van der Waals surface area contributed by atoms with Crippen LogP contribution in [0, 0.1) is 0 Å². The maximum atomic E-state index is 12.7. The molecule has 4 nitrogen and oxygen atoms in total. The number of aliphatic carboxylic acids is 1. The van der Waals surface area contributed by atoms with E-state index in [1.807, 2.05) is 0 Å². The van der Waals surface area contributed by atoms with Crippen LogP contribution in [-0.4, -0.2) is 17.0 Å². The SMILES string of the molecule is CC(=O)OC(C(=O)O)c1ccccc1C(F)(F)F. The number of rotatable bonds is 3. The quantitative estimate of drug-likeness (QED) is 0.849. The van der Waals surface area contributed by atoms with Crippen molar-refractivity contribution >= 4 is 11.9 Å². The van der Waals surface area contributed by atoms with Gasteiger partial charge in [0.25, 0.3) is 0 Å². The largest absolute Gasteiger partial charge is 0.478 e. The Kier molecular flexibility index (Phi) is 3.95. The molecule has 0 radical (unpaired) electrons. The molecular weight excluding hydrogens is 253 g/mol. The van der Waals surface area contributed by atoms with Crippen molar-refractivity contribution in [2.75, 3.05) is 0 Å². The highest BCUT2D eigenvalue weighted by atomic mass is 19.4. The van der Waals surface area contributed by atoms with Gasteiger partial charge >= 0.3 is 18.1 Å². The number of carboxylic acids is 1. The zero-order valence-corrected chi connectivity index (χ0v) is 9.19. The molecule has 0 saturated heterocycles. The van der Waals surface area contributed by atoms with Crippen molar-refractivity contribution in [3.05, 3.63) is 35.4 Å². The third-order valence-electron chi connectivity index (χ3n) is 2.06. The van der Waals surface area contributed by atoms with Crippen LogP contribution >= 0.6 is 0 Å². The second-order valence-electron chi connectivity index (χ2n) is 3.41. The number of alkyl halides is 3. The fraction of sp³-hybridized carbons (Fsp3) is 0.273. The standard InChI is InChI=1S/C11H9F3O4/c1-6(15)18-9(10(16)17)7-4-2-3-5-8(7)11(12,13)14/h2-5,9H,1H3,(H,16,17). The smallest absolute Gasteiger partial charge is 0.416 e. The van der Waals surface area contributed by atoms with Gasteiger partial charge in [-0.05, 0) is 6.07 Å². The highest BCUT2D eigenvalue weighted by molar-refractivity contribution is 5.79. The van der Waals surface area contributed by atoms with Gasteiger partial charge in [0.05, 0.1) is 5.56 Å². The Balaban J connectivity index is 3.28. The fourth-order valence-electron chi connectivity index (χ4n) is 1.40. The van der Waals surface area contributed by atoms with Gasteiger partial charge in [0.2, 0.25) is 6.10 Å². The van der Waals surface area contributed by atoms with Gasteiger partial charge in [-0.1, -0.05) is 18.2 Å². The van der Waals surface area contributed by atoms with Crippen LogP contribution in [-0.2, 0) is 20.5 Å². The van der Waals surface area contributed by atoms with Gasteiger partial charge in [0.15, 0.2) is 0 Å². The average molecular weight is 262 g/mol. The van der Waals surface area contributed by atoms with Gasteiger partial charge in [-0.3, -0.25) is 4.79 Å². The molecule has 1 unspecified atom stereocenters. The molecule has 98 valence electrons. The molecule has 0 aromatic heterocycles. The van der Waals surface area contributed by atoms with E-state index in [0.717, 1.165) is 25.1 Å². The van der Waals surface area contributed by atoms with E-state index >= 15 is 0 Å². The fourth-order valence-corrected chi connectivity index (χ4v) is 1.40. The minimum absolute atomic E-state index is 0.604. The van der Waals surface area contributed by atoms with Crippen LogP contribution < -0.4 is 0 Å². The number of benzene rings is 1. The highest BCUT2D eigenvalue weighted by Gasteiger charge is 2.37. The van der Waals surface area contributed by atoms with Crippen LogP contribution in [0.4, 0.5) is 13.2 Å². The highest BCUT2D eigenvalue weighted by Crippen LogP contribution is 2.35. The summed E-state index contributed by atoms with van der Waals surface area (Å²) in [6.45, 7) is 0.923. The van der Waals surface area contributed by atoms with Gasteiger partial charge in [0.1, 0.15) is 0 Å². The Hall–Kier alpha value is -2.05. The summed E-state index contributed by atoms with van der Waals surface area (Å²) in [5, 5.41) is 8.82. The molecule has 1 aromatic rings. The first-order chi connectivity index (χ1) is 8.23.